The summed E-state index contributed by atoms with van der Waals surface area (Å²) >= 11 is 0. The molecule has 1 aliphatic rings. The second-order valence-corrected chi connectivity index (χ2v) is 5.43. The van der Waals surface area contributed by atoms with Gasteiger partial charge in [-0.15, -0.1) is 0 Å². The second kappa shape index (κ2) is 6.13. The summed E-state index contributed by atoms with van der Waals surface area (Å²) in [4.78, 5) is 23.6. The lowest BCUT2D eigenvalue weighted by atomic mass is 9.79. The van der Waals surface area contributed by atoms with Crippen molar-refractivity contribution in [1.29, 1.82) is 0 Å². The van der Waals surface area contributed by atoms with Crippen molar-refractivity contribution in [2.45, 2.75) is 38.0 Å². The van der Waals surface area contributed by atoms with E-state index in [0.717, 1.165) is 19.3 Å². The van der Waals surface area contributed by atoms with Crippen molar-refractivity contribution < 1.29 is 30.0 Å². The Morgan fingerprint density at radius 2 is 1.55 bits per heavy atom. The molecule has 1 amide bonds. The van der Waals surface area contributed by atoms with Gasteiger partial charge in [0.25, 0.3) is 5.91 Å². The molecule has 0 spiro atoms. The Labute approximate surface area is 127 Å². The van der Waals surface area contributed by atoms with Crippen LogP contribution >= 0.6 is 0 Å². The molecule has 1 aromatic rings. The fourth-order valence-electron chi connectivity index (χ4n) is 3.09. The highest BCUT2D eigenvalue weighted by atomic mass is 16.4. The highest BCUT2D eigenvalue weighted by Crippen LogP contribution is 2.49. The van der Waals surface area contributed by atoms with Gasteiger partial charge in [0, 0.05) is 12.6 Å². The van der Waals surface area contributed by atoms with Gasteiger partial charge >= 0.3 is 5.97 Å². The van der Waals surface area contributed by atoms with Crippen molar-refractivity contribution in [2.24, 2.45) is 0 Å². The van der Waals surface area contributed by atoms with Crippen LogP contribution in [0.2, 0.25) is 0 Å². The average Bonchev–Trinajstić information content (AvgIpc) is 2.51. The summed E-state index contributed by atoms with van der Waals surface area (Å²) in [7, 11) is 1.33. The van der Waals surface area contributed by atoms with E-state index in [2.05, 4.69) is 5.32 Å². The summed E-state index contributed by atoms with van der Waals surface area (Å²) in [6.07, 6.45) is 4.17. The number of aromatic hydroxyl groups is 3. The number of nitrogens with one attached hydrogen (secondary N) is 1. The molecule has 120 valence electrons. The first-order valence-corrected chi connectivity index (χ1v) is 7.16. The van der Waals surface area contributed by atoms with Gasteiger partial charge in [-0.2, -0.15) is 0 Å². The molecule has 1 aromatic carbocycles. The van der Waals surface area contributed by atoms with E-state index in [0.29, 0.717) is 12.8 Å². The predicted octanol–water partition coefficient (Wildman–Crippen LogP) is 1.91. The summed E-state index contributed by atoms with van der Waals surface area (Å²) < 4.78 is 0. The molecule has 2 rings (SSSR count). The smallest absolute Gasteiger partial charge is 0.340 e. The highest BCUT2D eigenvalue weighted by molar-refractivity contribution is 6.09. The Kier molecular flexibility index (Phi) is 4.44. The number of phenolic OH excluding ortho intramolecular Hbond substituents is 2. The fourth-order valence-corrected chi connectivity index (χ4v) is 3.09. The van der Waals surface area contributed by atoms with E-state index in [1.165, 1.54) is 7.05 Å². The number of aromatic carboxylic acids is 1. The number of benzene rings is 1. The molecule has 22 heavy (non-hydrogen) atoms. The van der Waals surface area contributed by atoms with Crippen molar-refractivity contribution in [3.05, 3.63) is 16.7 Å². The van der Waals surface area contributed by atoms with Crippen LogP contribution in [0.3, 0.4) is 0 Å². The highest BCUT2D eigenvalue weighted by Gasteiger charge is 2.34. The first kappa shape index (κ1) is 15.9. The van der Waals surface area contributed by atoms with Gasteiger partial charge < -0.3 is 25.7 Å². The first-order chi connectivity index (χ1) is 10.4. The molecule has 0 heterocycles. The third-order valence-corrected chi connectivity index (χ3v) is 4.14. The number of carboxylic acids is 1. The SMILES string of the molecule is CNC(=O)c1c(C(=O)O)c(O)c(O)c(O)c1C1CCCCC1. The van der Waals surface area contributed by atoms with Crippen LogP contribution < -0.4 is 5.32 Å². The van der Waals surface area contributed by atoms with Gasteiger partial charge in [-0.25, -0.2) is 4.79 Å². The molecule has 0 aliphatic heterocycles. The number of hydrogen-bond acceptors (Lipinski definition) is 5. The van der Waals surface area contributed by atoms with E-state index in [9.17, 15) is 30.0 Å². The van der Waals surface area contributed by atoms with Gasteiger partial charge in [-0.1, -0.05) is 19.3 Å². The molecule has 0 radical (unpaired) electrons. The zero-order valence-corrected chi connectivity index (χ0v) is 12.2. The van der Waals surface area contributed by atoms with Gasteiger partial charge in [0.05, 0.1) is 5.56 Å². The van der Waals surface area contributed by atoms with Crippen LogP contribution in [0.1, 0.15) is 64.3 Å². The van der Waals surface area contributed by atoms with Gasteiger partial charge in [-0.05, 0) is 18.8 Å². The monoisotopic (exact) mass is 309 g/mol. The fraction of sp³-hybridized carbons (Fsp3) is 0.467. The van der Waals surface area contributed by atoms with Gasteiger partial charge in [-0.3, -0.25) is 4.79 Å². The number of hydrogen-bond donors (Lipinski definition) is 5. The van der Waals surface area contributed by atoms with Crippen LogP contribution in [0.25, 0.3) is 0 Å². The molecule has 7 nitrogen and oxygen atoms in total. The van der Waals surface area contributed by atoms with Crippen LogP contribution in [-0.4, -0.2) is 39.4 Å². The van der Waals surface area contributed by atoms with Gasteiger partial charge in [0.2, 0.25) is 5.75 Å². The van der Waals surface area contributed by atoms with Crippen LogP contribution in [-0.2, 0) is 0 Å². The number of carbonyl (C=O) groups excluding carboxylic acids is 1. The molecule has 0 saturated heterocycles. The molecular formula is C15H19NO6. The zero-order chi connectivity index (χ0) is 16.4. The maximum absolute atomic E-state index is 12.1. The zero-order valence-electron chi connectivity index (χ0n) is 12.2. The van der Waals surface area contributed by atoms with E-state index in [4.69, 9.17) is 0 Å². The predicted molar refractivity (Wildman–Crippen MR) is 77.6 cm³/mol. The molecule has 0 bridgehead atoms. The van der Waals surface area contributed by atoms with Crippen LogP contribution in [0.5, 0.6) is 17.2 Å². The second-order valence-electron chi connectivity index (χ2n) is 5.43. The van der Waals surface area contributed by atoms with E-state index in [1.54, 1.807) is 0 Å². The lowest BCUT2D eigenvalue weighted by Crippen LogP contribution is -2.24. The molecule has 1 saturated carbocycles. The Balaban J connectivity index is 2.78. The lowest BCUT2D eigenvalue weighted by molar-refractivity contribution is 0.0686. The van der Waals surface area contributed by atoms with Crippen molar-refractivity contribution in [2.75, 3.05) is 7.05 Å². The lowest BCUT2D eigenvalue weighted by Gasteiger charge is -2.26. The maximum atomic E-state index is 12.1. The Hall–Kier alpha value is -2.44. The topological polar surface area (TPSA) is 127 Å². The molecule has 1 fully saturated rings. The van der Waals surface area contributed by atoms with E-state index < -0.39 is 34.7 Å². The number of amides is 1. The maximum Gasteiger partial charge on any atom is 0.340 e. The van der Waals surface area contributed by atoms with Crippen molar-refractivity contribution >= 4 is 11.9 Å². The molecule has 0 aromatic heterocycles. The van der Waals surface area contributed by atoms with Crippen LogP contribution in [0, 0.1) is 0 Å². The van der Waals surface area contributed by atoms with E-state index >= 15 is 0 Å². The number of carboxylic acid groups (broad SMARTS) is 1. The quantitative estimate of drug-likeness (QED) is 0.543. The first-order valence-electron chi connectivity index (χ1n) is 7.16. The van der Waals surface area contributed by atoms with E-state index in [1.807, 2.05) is 0 Å². The summed E-state index contributed by atoms with van der Waals surface area (Å²) in [6, 6.07) is 0. The standard InChI is InChI=1S/C15H19NO6/c1-16-14(20)9-8(7-5-3-2-4-6-7)11(17)13(19)12(18)10(9)15(21)22/h7,17-19H,2-6H2,1H3,(H,16,20)(H,21,22). The molecule has 0 unspecified atom stereocenters. The average molecular weight is 309 g/mol. The van der Waals surface area contributed by atoms with Crippen molar-refractivity contribution in [1.82, 2.24) is 5.32 Å². The van der Waals surface area contributed by atoms with Gasteiger partial charge in [0.1, 0.15) is 5.56 Å². The molecule has 7 heteroatoms. The Morgan fingerprint density at radius 1 is 0.955 bits per heavy atom. The summed E-state index contributed by atoms with van der Waals surface area (Å²) in [5, 5.41) is 41.5. The summed E-state index contributed by atoms with van der Waals surface area (Å²) in [5.41, 5.74) is -0.864. The van der Waals surface area contributed by atoms with Crippen LogP contribution in [0.15, 0.2) is 0 Å². The van der Waals surface area contributed by atoms with Crippen molar-refractivity contribution in [3.8, 4) is 17.2 Å². The van der Waals surface area contributed by atoms with E-state index in [-0.39, 0.29) is 17.0 Å². The van der Waals surface area contributed by atoms with Crippen molar-refractivity contribution in [3.63, 3.8) is 0 Å². The third kappa shape index (κ3) is 2.54. The largest absolute Gasteiger partial charge is 0.504 e. The van der Waals surface area contributed by atoms with Crippen LogP contribution in [0.4, 0.5) is 0 Å². The Morgan fingerprint density at radius 3 is 2.05 bits per heavy atom. The number of carbonyl (C=O) groups is 2. The van der Waals surface area contributed by atoms with Gasteiger partial charge in [0.15, 0.2) is 11.5 Å². The summed E-state index contributed by atoms with van der Waals surface area (Å²) in [6.45, 7) is 0. The Bertz CT molecular complexity index is 619. The molecular weight excluding hydrogens is 290 g/mol. The molecule has 1 aliphatic carbocycles. The minimum Gasteiger partial charge on any atom is -0.504 e. The minimum atomic E-state index is -1.54. The molecule has 0 atom stereocenters. The normalized spacial score (nSPS) is 15.5. The molecule has 5 N–H and O–H groups in total. The minimum absolute atomic E-state index is 0.103. The number of rotatable bonds is 3. The summed E-state index contributed by atoms with van der Waals surface area (Å²) in [5.74, 6) is -5.00. The third-order valence-electron chi connectivity index (χ3n) is 4.14. The number of phenols is 3.